The number of fused-ring (bicyclic) bond motifs is 1. The molecule has 0 bridgehead atoms. The molecule has 0 saturated carbocycles. The molecular weight excluding hydrogens is 182 g/mol. The summed E-state index contributed by atoms with van der Waals surface area (Å²) in [5.41, 5.74) is 2.09. The number of anilines is 1. The summed E-state index contributed by atoms with van der Waals surface area (Å²) in [6.07, 6.45) is 0. The van der Waals surface area contributed by atoms with Gasteiger partial charge in [0.15, 0.2) is 0 Å². The van der Waals surface area contributed by atoms with Crippen molar-refractivity contribution in [2.75, 3.05) is 5.32 Å². The van der Waals surface area contributed by atoms with Crippen LogP contribution in [-0.4, -0.2) is 11.7 Å². The molecule has 0 fully saturated rings. The van der Waals surface area contributed by atoms with Crippen LogP contribution in [0.5, 0.6) is 0 Å². The SMILES string of the molecule is Cc1ccc2c(c1)C(=O)C(=O)N2.N#N. The highest BCUT2D eigenvalue weighted by Crippen LogP contribution is 2.23. The standard InChI is InChI=1S/C9H7NO2.N2/c1-5-2-3-7-6(4-5)8(11)9(12)10-7;1-2/h2-4H,1H3,(H,10,11,12);. The van der Waals surface area contributed by atoms with E-state index in [2.05, 4.69) is 5.32 Å². The van der Waals surface area contributed by atoms with E-state index in [1.54, 1.807) is 12.1 Å². The number of hydrogen-bond acceptors (Lipinski definition) is 4. The van der Waals surface area contributed by atoms with Gasteiger partial charge < -0.3 is 5.32 Å². The van der Waals surface area contributed by atoms with Gasteiger partial charge in [0.05, 0.1) is 11.3 Å². The fourth-order valence-electron chi connectivity index (χ4n) is 1.26. The Hall–Kier alpha value is -2.22. The van der Waals surface area contributed by atoms with Gasteiger partial charge in [-0.2, -0.15) is 0 Å². The monoisotopic (exact) mass is 189 g/mol. The van der Waals surface area contributed by atoms with E-state index in [1.807, 2.05) is 13.0 Å². The first-order valence-corrected chi connectivity index (χ1v) is 3.85. The van der Waals surface area contributed by atoms with Gasteiger partial charge in [0.1, 0.15) is 0 Å². The Balaban J connectivity index is 0.000000461. The molecular formula is C9H7N3O2. The third kappa shape index (κ3) is 1.45. The first-order chi connectivity index (χ1) is 6.68. The van der Waals surface area contributed by atoms with Crippen LogP contribution < -0.4 is 5.32 Å². The van der Waals surface area contributed by atoms with Crippen LogP contribution in [0.2, 0.25) is 0 Å². The number of hydrogen-bond donors (Lipinski definition) is 1. The lowest BCUT2D eigenvalue weighted by Crippen LogP contribution is -2.12. The fraction of sp³-hybridized carbons (Fsp3) is 0.111. The van der Waals surface area contributed by atoms with Crippen LogP contribution in [-0.2, 0) is 4.79 Å². The summed E-state index contributed by atoms with van der Waals surface area (Å²) in [6, 6.07) is 5.32. The highest BCUT2D eigenvalue weighted by molar-refractivity contribution is 6.51. The Morgan fingerprint density at radius 1 is 1.21 bits per heavy atom. The number of amides is 1. The second-order valence-electron chi connectivity index (χ2n) is 2.83. The Kier molecular flexibility index (Phi) is 2.58. The van der Waals surface area contributed by atoms with Crippen molar-refractivity contribution < 1.29 is 9.59 Å². The van der Waals surface area contributed by atoms with Gasteiger partial charge in [-0.3, -0.25) is 9.59 Å². The van der Waals surface area contributed by atoms with E-state index in [-0.39, 0.29) is 0 Å². The lowest BCUT2D eigenvalue weighted by Gasteiger charge is -1.96. The molecule has 0 radical (unpaired) electrons. The van der Waals surface area contributed by atoms with Crippen LogP contribution in [0.15, 0.2) is 18.2 Å². The van der Waals surface area contributed by atoms with E-state index in [4.69, 9.17) is 10.8 Å². The summed E-state index contributed by atoms with van der Waals surface area (Å²) >= 11 is 0. The van der Waals surface area contributed by atoms with Gasteiger partial charge in [-0.25, -0.2) is 0 Å². The van der Waals surface area contributed by atoms with Crippen LogP contribution in [0.1, 0.15) is 15.9 Å². The summed E-state index contributed by atoms with van der Waals surface area (Å²) in [4.78, 5) is 22.0. The normalized spacial score (nSPS) is 12.5. The summed E-state index contributed by atoms with van der Waals surface area (Å²) < 4.78 is 0. The molecule has 1 amide bonds. The van der Waals surface area contributed by atoms with Crippen LogP contribution >= 0.6 is 0 Å². The van der Waals surface area contributed by atoms with Crippen molar-refractivity contribution in [2.24, 2.45) is 0 Å². The number of nitrogens with one attached hydrogen (secondary N) is 1. The Labute approximate surface area is 80.1 Å². The van der Waals surface area contributed by atoms with Crippen molar-refractivity contribution in [3.05, 3.63) is 29.3 Å². The molecule has 70 valence electrons. The maximum atomic E-state index is 11.1. The first kappa shape index (κ1) is 9.86. The van der Waals surface area contributed by atoms with Gasteiger partial charge in [0.2, 0.25) is 0 Å². The van der Waals surface area contributed by atoms with Gasteiger partial charge in [0.25, 0.3) is 11.7 Å². The molecule has 1 aliphatic heterocycles. The Morgan fingerprint density at radius 3 is 2.50 bits per heavy atom. The molecule has 1 aromatic rings. The zero-order valence-corrected chi connectivity index (χ0v) is 7.44. The number of ketones is 1. The minimum absolute atomic E-state index is 0.436. The van der Waals surface area contributed by atoms with E-state index in [0.717, 1.165) is 5.56 Å². The minimum atomic E-state index is -0.532. The van der Waals surface area contributed by atoms with Crippen molar-refractivity contribution in [2.45, 2.75) is 6.92 Å². The summed E-state index contributed by atoms with van der Waals surface area (Å²) in [5, 5.41) is 14.5. The third-order valence-electron chi connectivity index (χ3n) is 1.87. The molecule has 1 aromatic carbocycles. The number of carbonyl (C=O) groups is 2. The number of Topliss-reactive ketones (excluding diaryl/α,β-unsaturated/α-hetero) is 1. The minimum Gasteiger partial charge on any atom is -0.318 e. The first-order valence-electron chi connectivity index (χ1n) is 3.85. The van der Waals surface area contributed by atoms with Crippen LogP contribution in [0.3, 0.4) is 0 Å². The van der Waals surface area contributed by atoms with E-state index in [1.165, 1.54) is 0 Å². The quantitative estimate of drug-likeness (QED) is 0.489. The second kappa shape index (κ2) is 3.66. The van der Waals surface area contributed by atoms with Crippen molar-refractivity contribution in [3.63, 3.8) is 0 Å². The zero-order valence-electron chi connectivity index (χ0n) is 7.44. The van der Waals surface area contributed by atoms with E-state index >= 15 is 0 Å². The van der Waals surface area contributed by atoms with Crippen LogP contribution in [0.4, 0.5) is 5.69 Å². The lowest BCUT2D eigenvalue weighted by molar-refractivity contribution is -0.112. The predicted octanol–water partition coefficient (Wildman–Crippen LogP) is 1.16. The molecule has 0 aromatic heterocycles. The van der Waals surface area contributed by atoms with Gasteiger partial charge >= 0.3 is 0 Å². The number of carbonyl (C=O) groups excluding carboxylic acids is 2. The molecule has 5 heteroatoms. The fourth-order valence-corrected chi connectivity index (χ4v) is 1.26. The second-order valence-corrected chi connectivity index (χ2v) is 2.83. The topological polar surface area (TPSA) is 93.8 Å². The number of benzene rings is 1. The van der Waals surface area contributed by atoms with E-state index in [9.17, 15) is 9.59 Å². The Bertz CT molecular complexity index is 423. The lowest BCUT2D eigenvalue weighted by atomic mass is 10.1. The van der Waals surface area contributed by atoms with Gasteiger partial charge in [-0.05, 0) is 19.1 Å². The zero-order chi connectivity index (χ0) is 10.7. The molecule has 14 heavy (non-hydrogen) atoms. The van der Waals surface area contributed by atoms with Crippen LogP contribution in [0, 0.1) is 17.7 Å². The highest BCUT2D eigenvalue weighted by atomic mass is 16.2. The molecule has 1 N–H and O–H groups in total. The highest BCUT2D eigenvalue weighted by Gasteiger charge is 2.27. The maximum Gasteiger partial charge on any atom is 0.296 e. The van der Waals surface area contributed by atoms with Gasteiger partial charge in [-0.15, -0.1) is 0 Å². The van der Waals surface area contributed by atoms with Gasteiger partial charge in [0, 0.05) is 10.8 Å². The van der Waals surface area contributed by atoms with Crippen molar-refractivity contribution >= 4 is 17.4 Å². The molecule has 0 aliphatic carbocycles. The number of nitrogens with zero attached hydrogens (tertiary/aromatic N) is 2. The molecule has 0 spiro atoms. The maximum absolute atomic E-state index is 11.1. The summed E-state index contributed by atoms with van der Waals surface area (Å²) in [7, 11) is 0. The average molecular weight is 189 g/mol. The number of aryl methyl sites for hydroxylation is 1. The van der Waals surface area contributed by atoms with Gasteiger partial charge in [-0.1, -0.05) is 11.6 Å². The molecule has 5 nitrogen and oxygen atoms in total. The molecule has 1 heterocycles. The molecule has 0 saturated heterocycles. The molecule has 2 rings (SSSR count). The molecule has 0 atom stereocenters. The Morgan fingerprint density at radius 2 is 1.86 bits per heavy atom. The molecule has 0 unspecified atom stereocenters. The average Bonchev–Trinajstić information content (AvgIpc) is 2.48. The van der Waals surface area contributed by atoms with E-state index in [0.29, 0.717) is 11.3 Å². The number of rotatable bonds is 0. The smallest absolute Gasteiger partial charge is 0.296 e. The largest absolute Gasteiger partial charge is 0.318 e. The third-order valence-corrected chi connectivity index (χ3v) is 1.87. The van der Waals surface area contributed by atoms with Crippen LogP contribution in [0.25, 0.3) is 0 Å². The van der Waals surface area contributed by atoms with E-state index < -0.39 is 11.7 Å². The summed E-state index contributed by atoms with van der Waals surface area (Å²) in [5.74, 6) is -0.968. The van der Waals surface area contributed by atoms with Crippen molar-refractivity contribution in [3.8, 4) is 0 Å². The molecule has 1 aliphatic rings. The van der Waals surface area contributed by atoms with Crippen molar-refractivity contribution in [1.29, 1.82) is 10.8 Å². The summed E-state index contributed by atoms with van der Waals surface area (Å²) in [6.45, 7) is 1.89. The van der Waals surface area contributed by atoms with Crippen molar-refractivity contribution in [1.82, 2.24) is 0 Å². The predicted molar refractivity (Wildman–Crippen MR) is 47.6 cm³/mol.